The predicted molar refractivity (Wildman–Crippen MR) is 331 cm³/mol. The van der Waals surface area contributed by atoms with Crippen LogP contribution < -0.4 is 67.9 Å². The molecule has 4 aliphatic rings. The first-order chi connectivity index (χ1) is 39.7. The minimum Gasteiger partial charge on any atom is -1.00 e. The zero-order valence-electron chi connectivity index (χ0n) is 49.0. The number of aromatic nitrogens is 8. The molecule has 0 atom stereocenters. The van der Waals surface area contributed by atoms with E-state index in [-0.39, 0.29) is 60.5 Å². The largest absolute Gasteiger partial charge is 1.00 e. The fourth-order valence-electron chi connectivity index (χ4n) is 13.5. The SMILES string of the molecule is C[n+]1ccc(-c2c3nc(c(-c4cc(-c5ccc6c(c5)C(C)(C)c5ccccc5-6)c[n+](C)c4)c4ccc([nH]4)c(-c4cc[n+](C)cc4)c4nc(c(-c5cc(-c6ccc7c(c6)C(C)(C)c6ccccc6-7)c[n+](C)c5)c5ccc2[nH]5)C=C4)C=C3)cc1.[Cl-].[Cl-].[Cl-].[Cl-]. The van der Waals surface area contributed by atoms with E-state index in [1.54, 1.807) is 0 Å². The van der Waals surface area contributed by atoms with E-state index in [4.69, 9.17) is 9.97 Å². The van der Waals surface area contributed by atoms with Gasteiger partial charge in [0.1, 0.15) is 28.2 Å². The molecule has 0 spiro atoms. The summed E-state index contributed by atoms with van der Waals surface area (Å²) in [5.41, 5.74) is 30.5. The number of rotatable bonds is 6. The Bertz CT molecular complexity index is 4500. The minimum atomic E-state index is -0.126. The monoisotopic (exact) mass is 1200 g/mol. The van der Waals surface area contributed by atoms with E-state index in [1.165, 1.54) is 55.6 Å². The summed E-state index contributed by atoms with van der Waals surface area (Å²) in [6, 6.07) is 54.0. The number of pyridine rings is 4. The van der Waals surface area contributed by atoms with Gasteiger partial charge in [0.05, 0.1) is 33.9 Å². The number of fused-ring (bicyclic) bond motifs is 14. The quantitative estimate of drug-likeness (QED) is 0.252. The van der Waals surface area contributed by atoms with E-state index < -0.39 is 0 Å². The third kappa shape index (κ3) is 9.66. The van der Waals surface area contributed by atoms with E-state index >= 15 is 0 Å². The molecule has 2 aliphatic heterocycles. The normalized spacial score (nSPS) is 13.3. The van der Waals surface area contributed by atoms with Gasteiger partial charge < -0.3 is 59.6 Å². The molecule has 86 heavy (non-hydrogen) atoms. The number of halogens is 4. The molecule has 12 heteroatoms. The van der Waals surface area contributed by atoms with Gasteiger partial charge in [0, 0.05) is 90.5 Å². The molecule has 15 rings (SSSR count). The highest BCUT2D eigenvalue weighted by Crippen LogP contribution is 2.51. The lowest BCUT2D eigenvalue weighted by Gasteiger charge is -2.21. The highest BCUT2D eigenvalue weighted by Gasteiger charge is 2.37. The molecule has 4 aromatic carbocycles. The van der Waals surface area contributed by atoms with Gasteiger partial charge in [-0.3, -0.25) is 0 Å². The van der Waals surface area contributed by atoms with Crippen LogP contribution in [0.25, 0.3) is 135 Å². The van der Waals surface area contributed by atoms with E-state index in [2.05, 4.69) is 304 Å². The Morgan fingerprint density at radius 3 is 0.977 bits per heavy atom. The minimum absolute atomic E-state index is 0. The standard InChI is InChI=1S/C74H61N8.4ClH/c1-73(2)57-15-11-9-13-53(57)55-19-17-47(39-59(55)73)49-37-51(43-81(7)41-49)71-65-25-21-61(75-65)69(45-29-33-79(5)34-30-45)63-23-27-67(77-63)72(68-28-24-64(78-68)70(62-22-26-66(71)76-62)46-31-35-80(6)36-32-46)52-38-50(42-82(8)44-52)48-18-20-56-54-14-10-12-16-58(54)74(3,4)60(56)40-48;;;;/h9-44H,1-8H3,(H,75,76,77,78);4*1H/q+3;;;;/p-3. The second kappa shape index (κ2) is 22.3. The van der Waals surface area contributed by atoms with Crippen molar-refractivity contribution in [1.29, 1.82) is 0 Å². The van der Waals surface area contributed by atoms with Crippen LogP contribution in [0.3, 0.4) is 0 Å². The molecule has 2 aliphatic carbocycles. The first kappa shape index (κ1) is 59.0. The number of nitrogens with one attached hydrogen (secondary N) is 2. The Morgan fingerprint density at radius 2 is 0.616 bits per heavy atom. The average Bonchev–Trinajstić information content (AvgIpc) is 2.77. The van der Waals surface area contributed by atoms with Gasteiger partial charge in [-0.25, -0.2) is 28.2 Å². The fourth-order valence-corrected chi connectivity index (χ4v) is 13.5. The van der Waals surface area contributed by atoms with Crippen molar-refractivity contribution in [1.82, 2.24) is 19.9 Å². The van der Waals surface area contributed by atoms with Crippen molar-refractivity contribution in [2.24, 2.45) is 28.2 Å². The molecule has 0 saturated heterocycles. The summed E-state index contributed by atoms with van der Waals surface area (Å²) in [4.78, 5) is 19.4. The van der Waals surface area contributed by atoms with E-state index in [9.17, 15) is 0 Å². The molecule has 0 saturated carbocycles. The summed E-state index contributed by atoms with van der Waals surface area (Å²) in [6.07, 6.45) is 26.1. The van der Waals surface area contributed by atoms with Gasteiger partial charge >= 0.3 is 0 Å². The van der Waals surface area contributed by atoms with Crippen LogP contribution >= 0.6 is 0 Å². The number of aromatic amines is 2. The molecule has 0 fully saturated rings. The van der Waals surface area contributed by atoms with E-state index in [0.29, 0.717) is 0 Å². The van der Waals surface area contributed by atoms with Gasteiger partial charge in [-0.1, -0.05) is 100 Å². The number of nitrogens with zero attached hydrogens (tertiary/aromatic N) is 6. The Balaban J connectivity index is 0.00000192. The molecule has 0 unspecified atom stereocenters. The second-order valence-electron chi connectivity index (χ2n) is 23.8. The van der Waals surface area contributed by atoms with Crippen LogP contribution in [-0.2, 0) is 39.0 Å². The lowest BCUT2D eigenvalue weighted by atomic mass is 9.81. The molecule has 2 N–H and O–H groups in total. The maximum atomic E-state index is 5.68. The third-order valence-corrected chi connectivity index (χ3v) is 17.7. The van der Waals surface area contributed by atoms with E-state index in [0.717, 1.165) is 100 Å². The van der Waals surface area contributed by atoms with Gasteiger partial charge in [0.15, 0.2) is 49.6 Å². The van der Waals surface area contributed by atoms with Crippen molar-refractivity contribution in [2.75, 3.05) is 0 Å². The first-order valence-electron chi connectivity index (χ1n) is 28.3. The number of hydrogen-bond acceptors (Lipinski definition) is 2. The summed E-state index contributed by atoms with van der Waals surface area (Å²) in [7, 11) is 8.36. The highest BCUT2D eigenvalue weighted by molar-refractivity contribution is 6.00. The van der Waals surface area contributed by atoms with Crippen LogP contribution in [0.5, 0.6) is 0 Å². The summed E-state index contributed by atoms with van der Waals surface area (Å²) in [5.74, 6) is 0. The van der Waals surface area contributed by atoms with Crippen LogP contribution in [0.15, 0.2) is 195 Å². The van der Waals surface area contributed by atoms with Crippen LogP contribution in [0.1, 0.15) is 72.7 Å². The van der Waals surface area contributed by atoms with Gasteiger partial charge in [-0.05, 0) is 140 Å². The molecule has 0 amide bonds. The van der Waals surface area contributed by atoms with Gasteiger partial charge in [-0.2, -0.15) is 0 Å². The molecular weight excluding hydrogens is 1140 g/mol. The van der Waals surface area contributed by atoms with Crippen molar-refractivity contribution in [3.05, 3.63) is 240 Å². The van der Waals surface area contributed by atoms with E-state index in [1.807, 2.05) is 0 Å². The van der Waals surface area contributed by atoms with Crippen LogP contribution in [0.4, 0.5) is 0 Å². The summed E-state index contributed by atoms with van der Waals surface area (Å²) >= 11 is 0. The number of benzene rings is 4. The maximum Gasteiger partial charge on any atom is 0.176 e. The van der Waals surface area contributed by atoms with Crippen molar-refractivity contribution >= 4 is 46.4 Å². The Kier molecular flexibility index (Phi) is 15.3. The Hall–Kier alpha value is -8.76. The summed E-state index contributed by atoms with van der Waals surface area (Å²) in [5, 5.41) is 0. The van der Waals surface area contributed by atoms with Gasteiger partial charge in [-0.15, -0.1) is 0 Å². The molecule has 11 aromatic rings. The van der Waals surface area contributed by atoms with Gasteiger partial charge in [0.2, 0.25) is 0 Å². The van der Waals surface area contributed by atoms with Crippen molar-refractivity contribution in [3.8, 4) is 89.0 Å². The molecule has 8 bridgehead atoms. The predicted octanol–water partition coefficient (Wildman–Crippen LogP) is 2.58. The second-order valence-corrected chi connectivity index (χ2v) is 23.8. The Labute approximate surface area is 526 Å². The Morgan fingerprint density at radius 1 is 0.302 bits per heavy atom. The smallest absolute Gasteiger partial charge is 0.176 e. The average molecular weight is 1210 g/mol. The topological polar surface area (TPSA) is 72.9 Å². The highest BCUT2D eigenvalue weighted by atomic mass is 35.5. The first-order valence-corrected chi connectivity index (χ1v) is 28.3. The number of H-pyrrole nitrogens is 2. The molecule has 9 heterocycles. The molecule has 8 nitrogen and oxygen atoms in total. The van der Waals surface area contributed by atoms with Crippen LogP contribution in [0.2, 0.25) is 0 Å². The molecule has 0 radical (unpaired) electrons. The summed E-state index contributed by atoms with van der Waals surface area (Å²) < 4.78 is 8.52. The van der Waals surface area contributed by atoms with Crippen molar-refractivity contribution < 1.29 is 67.9 Å². The fraction of sp³-hybridized carbons (Fsp3) is 0.135. The molecule has 426 valence electrons. The zero-order chi connectivity index (χ0) is 55.8. The van der Waals surface area contributed by atoms with Crippen LogP contribution in [0, 0.1) is 0 Å². The molecule has 7 aromatic heterocycles. The summed E-state index contributed by atoms with van der Waals surface area (Å²) in [6.45, 7) is 9.39. The van der Waals surface area contributed by atoms with Gasteiger partial charge in [0.25, 0.3) is 0 Å². The lowest BCUT2D eigenvalue weighted by Crippen LogP contribution is -3.00. The van der Waals surface area contributed by atoms with Crippen molar-refractivity contribution in [3.63, 3.8) is 0 Å². The maximum absolute atomic E-state index is 5.68. The number of aryl methyl sites for hydroxylation is 4. The third-order valence-electron chi connectivity index (χ3n) is 17.7. The zero-order valence-corrected chi connectivity index (χ0v) is 52.0. The van der Waals surface area contributed by atoms with Crippen molar-refractivity contribution in [2.45, 2.75) is 38.5 Å². The number of hydrogen-bond donors (Lipinski definition) is 2. The van der Waals surface area contributed by atoms with Crippen LogP contribution in [-0.4, -0.2) is 19.9 Å². The lowest BCUT2D eigenvalue weighted by molar-refractivity contribution is -0.671. The molecular formula is C74H62Cl4N8.